The van der Waals surface area contributed by atoms with Gasteiger partial charge in [-0.25, -0.2) is 5.43 Å². The van der Waals surface area contributed by atoms with Crippen LogP contribution < -0.4 is 15.7 Å². The van der Waals surface area contributed by atoms with Crippen molar-refractivity contribution < 1.29 is 9.53 Å². The van der Waals surface area contributed by atoms with E-state index in [9.17, 15) is 9.59 Å². The molecule has 3 aromatic rings. The van der Waals surface area contributed by atoms with Crippen molar-refractivity contribution >= 4 is 12.1 Å². The summed E-state index contributed by atoms with van der Waals surface area (Å²) >= 11 is 0. The highest BCUT2D eigenvalue weighted by atomic mass is 16.5. The Labute approximate surface area is 173 Å². The molecule has 10 nitrogen and oxygen atoms in total. The Kier molecular flexibility index (Phi) is 5.77. The summed E-state index contributed by atoms with van der Waals surface area (Å²) in [4.78, 5) is 26.9. The van der Waals surface area contributed by atoms with Gasteiger partial charge in [-0.1, -0.05) is 0 Å². The minimum atomic E-state index is -0.511. The molecule has 3 rings (SSSR count). The number of aryl methyl sites for hydroxylation is 2. The van der Waals surface area contributed by atoms with Gasteiger partial charge in [0.2, 0.25) is 0 Å². The molecule has 0 aliphatic rings. The first-order valence-electron chi connectivity index (χ1n) is 9.25. The quantitative estimate of drug-likeness (QED) is 0.489. The average Bonchev–Trinajstić information content (AvgIpc) is 3.06. The van der Waals surface area contributed by atoms with Crippen molar-refractivity contribution in [2.75, 3.05) is 0 Å². The number of nitrogens with zero attached hydrogens (tertiary/aromatic N) is 5. The van der Waals surface area contributed by atoms with Gasteiger partial charge in [-0.3, -0.25) is 14.6 Å². The number of aromatic nitrogens is 5. The summed E-state index contributed by atoms with van der Waals surface area (Å²) in [6.07, 6.45) is 1.51. The van der Waals surface area contributed by atoms with E-state index in [0.717, 1.165) is 11.3 Å². The van der Waals surface area contributed by atoms with Gasteiger partial charge < -0.3 is 4.74 Å². The molecule has 0 fully saturated rings. The molecule has 0 spiro atoms. The van der Waals surface area contributed by atoms with Crippen LogP contribution in [0, 0.1) is 13.8 Å². The highest BCUT2D eigenvalue weighted by Crippen LogP contribution is 2.17. The van der Waals surface area contributed by atoms with E-state index < -0.39 is 11.5 Å². The van der Waals surface area contributed by atoms with Crippen molar-refractivity contribution in [3.63, 3.8) is 0 Å². The number of ether oxygens (including phenoxy) is 1. The number of H-pyrrole nitrogens is 1. The zero-order valence-corrected chi connectivity index (χ0v) is 17.4. The number of benzene rings is 1. The van der Waals surface area contributed by atoms with Crippen LogP contribution in [0.3, 0.4) is 0 Å². The number of hydrogen-bond acceptors (Lipinski definition) is 7. The Morgan fingerprint density at radius 2 is 1.90 bits per heavy atom. The number of rotatable bonds is 5. The fourth-order valence-corrected chi connectivity index (χ4v) is 2.50. The Morgan fingerprint density at radius 3 is 2.53 bits per heavy atom. The van der Waals surface area contributed by atoms with Gasteiger partial charge in [0.25, 0.3) is 17.4 Å². The largest absolute Gasteiger partial charge is 0.488 e. The molecular formula is C20H23N7O3. The summed E-state index contributed by atoms with van der Waals surface area (Å²) in [6.45, 7) is 9.18. The molecule has 0 aliphatic heterocycles. The number of hydrogen-bond donors (Lipinski definition) is 2. The first kappa shape index (κ1) is 20.9. The molecule has 2 N–H and O–H groups in total. The highest BCUT2D eigenvalue weighted by Gasteiger charge is 2.17. The predicted octanol–water partition coefficient (Wildman–Crippen LogP) is 1.91. The van der Waals surface area contributed by atoms with Gasteiger partial charge >= 0.3 is 0 Å². The predicted molar refractivity (Wildman–Crippen MR) is 111 cm³/mol. The van der Waals surface area contributed by atoms with Crippen LogP contribution in [0.4, 0.5) is 0 Å². The number of carbonyl (C=O) groups excluding carboxylic acids is 1. The summed E-state index contributed by atoms with van der Waals surface area (Å²) in [5, 5.41) is 15.8. The third-order valence-electron chi connectivity index (χ3n) is 3.80. The van der Waals surface area contributed by atoms with E-state index in [0.29, 0.717) is 5.69 Å². The van der Waals surface area contributed by atoms with E-state index >= 15 is 0 Å². The van der Waals surface area contributed by atoms with Crippen LogP contribution in [0.5, 0.6) is 5.75 Å². The lowest BCUT2D eigenvalue weighted by Gasteiger charge is -2.21. The molecule has 0 saturated carbocycles. The van der Waals surface area contributed by atoms with Crippen molar-refractivity contribution in [2.24, 2.45) is 5.10 Å². The van der Waals surface area contributed by atoms with Gasteiger partial charge in [0.1, 0.15) is 22.7 Å². The van der Waals surface area contributed by atoms with Crippen molar-refractivity contribution in [3.8, 4) is 11.7 Å². The molecule has 0 unspecified atom stereocenters. The minimum Gasteiger partial charge on any atom is -0.488 e. The van der Waals surface area contributed by atoms with Crippen LogP contribution in [0.1, 0.15) is 48.2 Å². The van der Waals surface area contributed by atoms with E-state index in [1.54, 1.807) is 13.0 Å². The maximum Gasteiger partial charge on any atom is 0.290 e. The number of carbonyl (C=O) groups is 1. The van der Waals surface area contributed by atoms with Crippen LogP contribution >= 0.6 is 0 Å². The third kappa shape index (κ3) is 5.16. The zero-order valence-electron chi connectivity index (χ0n) is 17.4. The maximum atomic E-state index is 12.6. The van der Waals surface area contributed by atoms with E-state index in [1.807, 2.05) is 45.0 Å². The summed E-state index contributed by atoms with van der Waals surface area (Å²) in [7, 11) is 0. The third-order valence-corrected chi connectivity index (χ3v) is 3.80. The summed E-state index contributed by atoms with van der Waals surface area (Å²) in [5.74, 6) is 0.279. The topological polar surface area (TPSA) is 127 Å². The molecule has 10 heteroatoms. The molecule has 0 bridgehead atoms. The SMILES string of the molecule is Cc1cc(C(=O)N/N=C\c2ccc(OC(C)(C)C)cc2)n(-c2nnc(C)c(=O)[nH]2)n1. The van der Waals surface area contributed by atoms with E-state index in [4.69, 9.17) is 4.74 Å². The smallest absolute Gasteiger partial charge is 0.290 e. The van der Waals surface area contributed by atoms with Crippen LogP contribution in [-0.4, -0.2) is 42.7 Å². The molecular weight excluding hydrogens is 386 g/mol. The first-order valence-corrected chi connectivity index (χ1v) is 9.25. The van der Waals surface area contributed by atoms with E-state index in [2.05, 4.69) is 30.8 Å². The fourth-order valence-electron chi connectivity index (χ4n) is 2.50. The van der Waals surface area contributed by atoms with Crippen molar-refractivity contribution in [1.82, 2.24) is 30.4 Å². The Morgan fingerprint density at radius 1 is 1.20 bits per heavy atom. The van der Waals surface area contributed by atoms with Crippen LogP contribution in [0.25, 0.3) is 5.95 Å². The lowest BCUT2D eigenvalue weighted by molar-refractivity contribution is 0.0947. The molecule has 0 aliphatic carbocycles. The average molecular weight is 409 g/mol. The van der Waals surface area contributed by atoms with Crippen LogP contribution in [0.2, 0.25) is 0 Å². The standard InChI is InChI=1S/C20H23N7O3/c1-12-10-16(27(26-12)19-22-17(28)13(2)23-25-19)18(29)24-21-11-14-6-8-15(9-7-14)30-20(3,4)5/h6-11H,1-5H3,(H,24,29)(H,22,25,28)/b21-11-. The first-order chi connectivity index (χ1) is 14.1. The molecule has 2 aromatic heterocycles. The molecule has 1 amide bonds. The zero-order chi connectivity index (χ0) is 21.9. The Balaban J connectivity index is 1.72. The van der Waals surface area contributed by atoms with Gasteiger partial charge in [-0.15, -0.1) is 10.2 Å². The molecule has 0 atom stereocenters. The van der Waals surface area contributed by atoms with Crippen molar-refractivity contribution in [3.05, 3.63) is 63.3 Å². The Hall–Kier alpha value is -3.82. The summed E-state index contributed by atoms with van der Waals surface area (Å²) in [6, 6.07) is 8.89. The second kappa shape index (κ2) is 8.27. The van der Waals surface area contributed by atoms with Gasteiger partial charge in [-0.2, -0.15) is 14.9 Å². The number of amides is 1. The molecule has 30 heavy (non-hydrogen) atoms. The number of aromatic amines is 1. The maximum absolute atomic E-state index is 12.6. The summed E-state index contributed by atoms with van der Waals surface area (Å²) in [5.41, 5.74) is 3.50. The molecule has 2 heterocycles. The monoisotopic (exact) mass is 409 g/mol. The minimum absolute atomic E-state index is 0.0438. The second-order valence-corrected chi connectivity index (χ2v) is 7.63. The number of hydrazone groups is 1. The lowest BCUT2D eigenvalue weighted by Crippen LogP contribution is -2.24. The Bertz CT molecular complexity index is 1140. The van der Waals surface area contributed by atoms with Crippen LogP contribution in [0.15, 0.2) is 40.2 Å². The van der Waals surface area contributed by atoms with Gasteiger partial charge in [0.05, 0.1) is 11.9 Å². The van der Waals surface area contributed by atoms with E-state index in [-0.39, 0.29) is 22.9 Å². The van der Waals surface area contributed by atoms with Gasteiger partial charge in [0.15, 0.2) is 0 Å². The fraction of sp³-hybridized carbons (Fsp3) is 0.300. The van der Waals surface area contributed by atoms with E-state index in [1.165, 1.54) is 17.8 Å². The van der Waals surface area contributed by atoms with Crippen molar-refractivity contribution in [1.29, 1.82) is 0 Å². The molecule has 0 radical (unpaired) electrons. The lowest BCUT2D eigenvalue weighted by atomic mass is 10.2. The normalized spacial score (nSPS) is 11.6. The molecule has 0 saturated heterocycles. The molecule has 1 aromatic carbocycles. The second-order valence-electron chi connectivity index (χ2n) is 7.63. The van der Waals surface area contributed by atoms with Gasteiger partial charge in [-0.05, 0) is 70.5 Å². The highest BCUT2D eigenvalue weighted by molar-refractivity contribution is 5.93. The van der Waals surface area contributed by atoms with Crippen molar-refractivity contribution in [2.45, 2.75) is 40.2 Å². The van der Waals surface area contributed by atoms with Gasteiger partial charge in [0, 0.05) is 0 Å². The summed E-state index contributed by atoms with van der Waals surface area (Å²) < 4.78 is 6.99. The number of nitrogens with one attached hydrogen (secondary N) is 2. The molecule has 156 valence electrons. The van der Waals surface area contributed by atoms with Crippen LogP contribution in [-0.2, 0) is 0 Å².